The maximum Gasteiger partial charge on any atom is 0.389 e. The van der Waals surface area contributed by atoms with Crippen molar-refractivity contribution >= 4 is 10.8 Å². The highest BCUT2D eigenvalue weighted by atomic mass is 19.4. The van der Waals surface area contributed by atoms with Crippen LogP contribution in [0.4, 0.5) is 13.2 Å². The molecule has 2 N–H and O–H groups in total. The van der Waals surface area contributed by atoms with E-state index in [1.807, 2.05) is 24.3 Å². The Labute approximate surface area is 103 Å². The third-order valence-electron chi connectivity index (χ3n) is 2.84. The number of alkyl halides is 3. The van der Waals surface area contributed by atoms with Gasteiger partial charge in [-0.2, -0.15) is 13.2 Å². The molecule has 0 spiro atoms. The molecule has 0 saturated heterocycles. The van der Waals surface area contributed by atoms with E-state index in [9.17, 15) is 13.2 Å². The predicted molar refractivity (Wildman–Crippen MR) is 64.0 cm³/mol. The van der Waals surface area contributed by atoms with Crippen molar-refractivity contribution in [3.8, 4) is 0 Å². The number of hydrogen-bond acceptors (Lipinski definition) is 2. The van der Waals surface area contributed by atoms with E-state index in [1.54, 1.807) is 12.4 Å². The normalized spacial score (nSPS) is 13.8. The first kappa shape index (κ1) is 12.8. The van der Waals surface area contributed by atoms with Crippen LogP contribution in [-0.4, -0.2) is 11.2 Å². The summed E-state index contributed by atoms with van der Waals surface area (Å²) in [5, 5.41) is 1.75. The molecule has 96 valence electrons. The Balaban J connectivity index is 2.25. The third kappa shape index (κ3) is 2.98. The first-order valence-corrected chi connectivity index (χ1v) is 5.62. The van der Waals surface area contributed by atoms with Gasteiger partial charge in [-0.1, -0.05) is 24.3 Å². The summed E-state index contributed by atoms with van der Waals surface area (Å²) in [4.78, 5) is 4.02. The second-order valence-corrected chi connectivity index (χ2v) is 4.21. The fourth-order valence-corrected chi connectivity index (χ4v) is 1.91. The second-order valence-electron chi connectivity index (χ2n) is 4.21. The lowest BCUT2D eigenvalue weighted by Gasteiger charge is -2.15. The van der Waals surface area contributed by atoms with Crippen molar-refractivity contribution in [3.63, 3.8) is 0 Å². The van der Waals surface area contributed by atoms with Crippen molar-refractivity contribution < 1.29 is 13.2 Å². The van der Waals surface area contributed by atoms with Crippen LogP contribution in [0.3, 0.4) is 0 Å². The van der Waals surface area contributed by atoms with E-state index in [1.165, 1.54) is 0 Å². The molecule has 0 amide bonds. The van der Waals surface area contributed by atoms with E-state index in [0.717, 1.165) is 10.8 Å². The van der Waals surface area contributed by atoms with Crippen LogP contribution in [-0.2, 0) is 0 Å². The number of aromatic nitrogens is 1. The van der Waals surface area contributed by atoms with Gasteiger partial charge in [0.05, 0.1) is 0 Å². The maximum absolute atomic E-state index is 12.2. The Hall–Kier alpha value is -1.62. The van der Waals surface area contributed by atoms with Crippen LogP contribution in [0.15, 0.2) is 36.7 Å². The molecule has 0 aliphatic carbocycles. The van der Waals surface area contributed by atoms with Crippen LogP contribution in [0.1, 0.15) is 24.4 Å². The van der Waals surface area contributed by atoms with Crippen molar-refractivity contribution in [1.29, 1.82) is 0 Å². The van der Waals surface area contributed by atoms with E-state index < -0.39 is 18.6 Å². The van der Waals surface area contributed by atoms with Crippen LogP contribution < -0.4 is 5.73 Å². The monoisotopic (exact) mass is 254 g/mol. The first-order valence-electron chi connectivity index (χ1n) is 5.62. The van der Waals surface area contributed by atoms with E-state index in [2.05, 4.69) is 4.98 Å². The molecule has 1 aromatic heterocycles. The van der Waals surface area contributed by atoms with E-state index in [4.69, 9.17) is 5.73 Å². The minimum Gasteiger partial charge on any atom is -0.324 e. The summed E-state index contributed by atoms with van der Waals surface area (Å²) >= 11 is 0. The summed E-state index contributed by atoms with van der Waals surface area (Å²) in [6.07, 6.45) is -1.95. The summed E-state index contributed by atoms with van der Waals surface area (Å²) < 4.78 is 36.5. The number of rotatable bonds is 3. The van der Waals surface area contributed by atoms with Gasteiger partial charge in [0.25, 0.3) is 0 Å². The molecule has 2 rings (SSSR count). The largest absolute Gasteiger partial charge is 0.389 e. The summed E-state index contributed by atoms with van der Waals surface area (Å²) in [6, 6.07) is 6.75. The summed E-state index contributed by atoms with van der Waals surface area (Å²) in [5.74, 6) is 0. The van der Waals surface area contributed by atoms with Crippen LogP contribution in [0.2, 0.25) is 0 Å². The van der Waals surface area contributed by atoms with Crippen molar-refractivity contribution in [2.45, 2.75) is 25.1 Å². The number of hydrogen-bond donors (Lipinski definition) is 1. The Kier molecular flexibility index (Phi) is 3.52. The highest BCUT2D eigenvalue weighted by molar-refractivity contribution is 5.84. The van der Waals surface area contributed by atoms with Crippen molar-refractivity contribution in [1.82, 2.24) is 4.98 Å². The van der Waals surface area contributed by atoms with Crippen molar-refractivity contribution in [3.05, 3.63) is 42.2 Å². The molecule has 0 bridgehead atoms. The molecule has 0 aliphatic heterocycles. The SMILES string of the molecule is NC(CCC(F)(F)F)c1cncc2ccccc12. The lowest BCUT2D eigenvalue weighted by molar-refractivity contribution is -0.136. The van der Waals surface area contributed by atoms with Gasteiger partial charge < -0.3 is 5.73 Å². The molecule has 0 radical (unpaired) electrons. The summed E-state index contributed by atoms with van der Waals surface area (Å²) in [6.45, 7) is 0. The van der Waals surface area contributed by atoms with Crippen LogP contribution in [0.5, 0.6) is 0 Å². The van der Waals surface area contributed by atoms with E-state index >= 15 is 0 Å². The fourth-order valence-electron chi connectivity index (χ4n) is 1.91. The topological polar surface area (TPSA) is 38.9 Å². The Morgan fingerprint density at radius 3 is 2.61 bits per heavy atom. The van der Waals surface area contributed by atoms with Crippen LogP contribution >= 0.6 is 0 Å². The number of nitrogens with zero attached hydrogens (tertiary/aromatic N) is 1. The fraction of sp³-hybridized carbons (Fsp3) is 0.308. The molecule has 0 fully saturated rings. The molecule has 1 heterocycles. The van der Waals surface area contributed by atoms with Gasteiger partial charge in [0.1, 0.15) is 0 Å². The first-order chi connectivity index (χ1) is 8.47. The highest BCUT2D eigenvalue weighted by Crippen LogP contribution is 2.29. The number of fused-ring (bicyclic) bond motifs is 1. The third-order valence-corrected chi connectivity index (χ3v) is 2.84. The number of pyridine rings is 1. The highest BCUT2D eigenvalue weighted by Gasteiger charge is 2.28. The molecule has 2 aromatic rings. The van der Waals surface area contributed by atoms with E-state index in [0.29, 0.717) is 5.56 Å². The lowest BCUT2D eigenvalue weighted by Crippen LogP contribution is -2.16. The molecular formula is C13H13F3N2. The van der Waals surface area contributed by atoms with Crippen LogP contribution in [0, 0.1) is 0 Å². The van der Waals surface area contributed by atoms with Gasteiger partial charge >= 0.3 is 6.18 Å². The molecule has 1 aromatic carbocycles. The average Bonchev–Trinajstić information content (AvgIpc) is 2.34. The van der Waals surface area contributed by atoms with Crippen LogP contribution in [0.25, 0.3) is 10.8 Å². The molecule has 1 atom stereocenters. The van der Waals surface area contributed by atoms with Gasteiger partial charge in [0, 0.05) is 30.2 Å². The zero-order chi connectivity index (χ0) is 13.2. The molecule has 0 saturated carbocycles. The predicted octanol–water partition coefficient (Wildman–Crippen LogP) is 3.58. The van der Waals surface area contributed by atoms with Gasteiger partial charge in [0.15, 0.2) is 0 Å². The average molecular weight is 254 g/mol. The Morgan fingerprint density at radius 2 is 1.89 bits per heavy atom. The second kappa shape index (κ2) is 4.94. The summed E-state index contributed by atoms with van der Waals surface area (Å²) in [5.41, 5.74) is 6.49. The molecule has 0 aliphatic rings. The molecule has 5 heteroatoms. The van der Waals surface area contributed by atoms with Crippen molar-refractivity contribution in [2.75, 3.05) is 0 Å². The molecule has 1 unspecified atom stereocenters. The zero-order valence-corrected chi connectivity index (χ0v) is 9.61. The Bertz CT molecular complexity index is 532. The minimum absolute atomic E-state index is 0.126. The number of halogens is 3. The number of nitrogens with two attached hydrogens (primary N) is 1. The molecule has 18 heavy (non-hydrogen) atoms. The van der Waals surface area contributed by atoms with Gasteiger partial charge in [-0.05, 0) is 17.4 Å². The molecular weight excluding hydrogens is 241 g/mol. The maximum atomic E-state index is 12.2. The zero-order valence-electron chi connectivity index (χ0n) is 9.61. The van der Waals surface area contributed by atoms with Gasteiger partial charge in [-0.15, -0.1) is 0 Å². The van der Waals surface area contributed by atoms with Gasteiger partial charge in [0.2, 0.25) is 0 Å². The molecule has 2 nitrogen and oxygen atoms in total. The van der Waals surface area contributed by atoms with Crippen molar-refractivity contribution in [2.24, 2.45) is 5.73 Å². The smallest absolute Gasteiger partial charge is 0.324 e. The minimum atomic E-state index is -4.17. The summed E-state index contributed by atoms with van der Waals surface area (Å²) in [7, 11) is 0. The quantitative estimate of drug-likeness (QED) is 0.909. The lowest BCUT2D eigenvalue weighted by atomic mass is 9.99. The van der Waals surface area contributed by atoms with E-state index in [-0.39, 0.29) is 6.42 Å². The van der Waals surface area contributed by atoms with Gasteiger partial charge in [-0.3, -0.25) is 4.98 Å². The standard InChI is InChI=1S/C13H13F3N2/c14-13(15,16)6-5-12(17)11-8-18-7-9-3-1-2-4-10(9)11/h1-4,7-8,12H,5-6,17H2. The Morgan fingerprint density at radius 1 is 1.17 bits per heavy atom. The number of benzene rings is 1. The van der Waals surface area contributed by atoms with Gasteiger partial charge in [-0.25, -0.2) is 0 Å².